The monoisotopic (exact) mass is 341 g/mol. The lowest BCUT2D eigenvalue weighted by Crippen LogP contribution is -2.30. The van der Waals surface area contributed by atoms with Crippen molar-refractivity contribution in [2.75, 3.05) is 4.90 Å². The van der Waals surface area contributed by atoms with Gasteiger partial charge in [0.05, 0.1) is 6.54 Å². The molecule has 0 fully saturated rings. The molecular weight excluding hydrogens is 322 g/mol. The van der Waals surface area contributed by atoms with Gasteiger partial charge >= 0.3 is 0 Å². The quantitative estimate of drug-likeness (QED) is 0.548. The number of benzene rings is 2. The highest BCUT2D eigenvalue weighted by Crippen LogP contribution is 2.20. The van der Waals surface area contributed by atoms with Gasteiger partial charge in [-0.25, -0.2) is 4.98 Å². The zero-order chi connectivity index (χ0) is 17.9. The van der Waals surface area contributed by atoms with E-state index in [1.807, 2.05) is 96.4 Å². The fourth-order valence-electron chi connectivity index (χ4n) is 3.04. The lowest BCUT2D eigenvalue weighted by atomic mass is 10.2. The Labute approximate surface area is 152 Å². The summed E-state index contributed by atoms with van der Waals surface area (Å²) >= 11 is 0. The SMILES string of the molecule is Cc1cccc2nc(C(=O)N(Cc3ccccc3)c3ccccc3)cn12. The van der Waals surface area contributed by atoms with E-state index in [4.69, 9.17) is 0 Å². The highest BCUT2D eigenvalue weighted by molar-refractivity contribution is 6.05. The number of pyridine rings is 1. The lowest BCUT2D eigenvalue weighted by Gasteiger charge is -2.22. The maximum absolute atomic E-state index is 13.3. The predicted octanol–water partition coefficient (Wildman–Crippen LogP) is 4.49. The van der Waals surface area contributed by atoms with Gasteiger partial charge in [0.15, 0.2) is 0 Å². The number of nitrogens with zero attached hydrogens (tertiary/aromatic N) is 3. The normalized spacial score (nSPS) is 10.8. The van der Waals surface area contributed by atoms with Crippen LogP contribution in [-0.2, 0) is 6.54 Å². The minimum absolute atomic E-state index is 0.108. The van der Waals surface area contributed by atoms with E-state index in [0.717, 1.165) is 22.6 Å². The van der Waals surface area contributed by atoms with Crippen molar-refractivity contribution in [3.05, 3.63) is 102 Å². The summed E-state index contributed by atoms with van der Waals surface area (Å²) in [5.74, 6) is -0.108. The second-order valence-electron chi connectivity index (χ2n) is 6.23. The summed E-state index contributed by atoms with van der Waals surface area (Å²) in [4.78, 5) is 19.6. The molecule has 0 spiro atoms. The molecular formula is C22H19N3O. The number of imidazole rings is 1. The van der Waals surface area contributed by atoms with Crippen molar-refractivity contribution < 1.29 is 4.79 Å². The molecule has 0 saturated heterocycles. The number of hydrogen-bond acceptors (Lipinski definition) is 2. The Morgan fingerprint density at radius 2 is 1.62 bits per heavy atom. The molecule has 0 unspecified atom stereocenters. The van der Waals surface area contributed by atoms with Crippen LogP contribution < -0.4 is 4.90 Å². The van der Waals surface area contributed by atoms with Gasteiger partial charge in [0.25, 0.3) is 5.91 Å². The van der Waals surface area contributed by atoms with Crippen LogP contribution in [0.4, 0.5) is 5.69 Å². The number of hydrogen-bond donors (Lipinski definition) is 0. The lowest BCUT2D eigenvalue weighted by molar-refractivity contribution is 0.0981. The van der Waals surface area contributed by atoms with E-state index in [1.165, 1.54) is 0 Å². The van der Waals surface area contributed by atoms with Crippen LogP contribution in [0.2, 0.25) is 0 Å². The zero-order valence-corrected chi connectivity index (χ0v) is 14.5. The Bertz CT molecular complexity index is 1040. The van der Waals surface area contributed by atoms with Crippen LogP contribution in [0.1, 0.15) is 21.7 Å². The second-order valence-corrected chi connectivity index (χ2v) is 6.23. The van der Waals surface area contributed by atoms with Crippen LogP contribution >= 0.6 is 0 Å². The summed E-state index contributed by atoms with van der Waals surface area (Å²) < 4.78 is 1.94. The standard InChI is InChI=1S/C22H19N3O/c1-17-9-8-14-21-23-20(16-24(17)21)22(26)25(19-12-6-3-7-13-19)15-18-10-4-2-5-11-18/h2-14,16H,15H2,1H3. The molecule has 4 heteroatoms. The van der Waals surface area contributed by atoms with Gasteiger partial charge in [-0.2, -0.15) is 0 Å². The molecule has 0 aliphatic carbocycles. The number of carbonyl (C=O) groups excluding carboxylic acids is 1. The number of aromatic nitrogens is 2. The van der Waals surface area contributed by atoms with Crippen LogP contribution in [0.5, 0.6) is 0 Å². The van der Waals surface area contributed by atoms with E-state index in [0.29, 0.717) is 12.2 Å². The minimum Gasteiger partial charge on any atom is -0.304 e. The van der Waals surface area contributed by atoms with Crippen LogP contribution in [0.3, 0.4) is 0 Å². The maximum Gasteiger partial charge on any atom is 0.278 e. The highest BCUT2D eigenvalue weighted by atomic mass is 16.2. The molecule has 4 aromatic rings. The fourth-order valence-corrected chi connectivity index (χ4v) is 3.04. The average Bonchev–Trinajstić information content (AvgIpc) is 3.13. The predicted molar refractivity (Wildman–Crippen MR) is 103 cm³/mol. The Morgan fingerprint density at radius 3 is 2.31 bits per heavy atom. The molecule has 2 aromatic carbocycles. The van der Waals surface area contributed by atoms with Gasteiger partial charge in [-0.15, -0.1) is 0 Å². The number of para-hydroxylation sites is 1. The molecule has 26 heavy (non-hydrogen) atoms. The number of amides is 1. The molecule has 0 atom stereocenters. The third-order valence-corrected chi connectivity index (χ3v) is 4.41. The minimum atomic E-state index is -0.108. The number of carbonyl (C=O) groups is 1. The van der Waals surface area contributed by atoms with Crippen molar-refractivity contribution in [3.63, 3.8) is 0 Å². The Kier molecular flexibility index (Phi) is 4.23. The van der Waals surface area contributed by atoms with Gasteiger partial charge in [0.2, 0.25) is 0 Å². The molecule has 0 bridgehead atoms. The fraction of sp³-hybridized carbons (Fsp3) is 0.0909. The molecule has 2 heterocycles. The highest BCUT2D eigenvalue weighted by Gasteiger charge is 2.21. The molecule has 4 nitrogen and oxygen atoms in total. The molecule has 0 aliphatic heterocycles. The average molecular weight is 341 g/mol. The van der Waals surface area contributed by atoms with Crippen molar-refractivity contribution in [3.8, 4) is 0 Å². The van der Waals surface area contributed by atoms with Gasteiger partial charge in [0.1, 0.15) is 11.3 Å². The van der Waals surface area contributed by atoms with E-state index in [1.54, 1.807) is 4.90 Å². The van der Waals surface area contributed by atoms with Crippen LogP contribution in [0.25, 0.3) is 5.65 Å². The number of fused-ring (bicyclic) bond motifs is 1. The summed E-state index contributed by atoms with van der Waals surface area (Å²) in [7, 11) is 0. The van der Waals surface area contributed by atoms with Crippen LogP contribution in [0, 0.1) is 6.92 Å². The van der Waals surface area contributed by atoms with Gasteiger partial charge in [-0.05, 0) is 36.8 Å². The summed E-state index contributed by atoms with van der Waals surface area (Å²) in [5, 5.41) is 0. The van der Waals surface area contributed by atoms with Crippen molar-refractivity contribution >= 4 is 17.2 Å². The first-order chi connectivity index (χ1) is 12.7. The summed E-state index contributed by atoms with van der Waals surface area (Å²) in [6.45, 7) is 2.50. The van der Waals surface area contributed by atoms with Gasteiger partial charge < -0.3 is 9.30 Å². The van der Waals surface area contributed by atoms with Crippen molar-refractivity contribution in [2.24, 2.45) is 0 Å². The molecule has 2 aromatic heterocycles. The Hall–Kier alpha value is -3.40. The van der Waals surface area contributed by atoms with E-state index in [9.17, 15) is 4.79 Å². The smallest absolute Gasteiger partial charge is 0.278 e. The topological polar surface area (TPSA) is 37.6 Å². The number of anilines is 1. The van der Waals surface area contributed by atoms with E-state index in [-0.39, 0.29) is 5.91 Å². The first-order valence-corrected chi connectivity index (χ1v) is 8.58. The van der Waals surface area contributed by atoms with Gasteiger partial charge in [-0.1, -0.05) is 54.6 Å². The van der Waals surface area contributed by atoms with Gasteiger partial charge in [0, 0.05) is 17.6 Å². The van der Waals surface area contributed by atoms with E-state index in [2.05, 4.69) is 4.98 Å². The second kappa shape index (κ2) is 6.84. The zero-order valence-electron chi connectivity index (χ0n) is 14.5. The third kappa shape index (κ3) is 3.09. The molecule has 1 amide bonds. The molecule has 0 saturated carbocycles. The van der Waals surface area contributed by atoms with Gasteiger partial charge in [-0.3, -0.25) is 4.79 Å². The van der Waals surface area contributed by atoms with Crippen molar-refractivity contribution in [2.45, 2.75) is 13.5 Å². The summed E-state index contributed by atoms with van der Waals surface area (Å²) in [6.07, 6.45) is 1.81. The first-order valence-electron chi connectivity index (χ1n) is 8.58. The molecule has 0 N–H and O–H groups in total. The number of aryl methyl sites for hydroxylation is 1. The van der Waals surface area contributed by atoms with Crippen LogP contribution in [0.15, 0.2) is 85.1 Å². The van der Waals surface area contributed by atoms with Crippen molar-refractivity contribution in [1.82, 2.24) is 9.38 Å². The number of rotatable bonds is 4. The third-order valence-electron chi connectivity index (χ3n) is 4.41. The van der Waals surface area contributed by atoms with E-state index < -0.39 is 0 Å². The van der Waals surface area contributed by atoms with E-state index >= 15 is 0 Å². The summed E-state index contributed by atoms with van der Waals surface area (Å²) in [5.41, 5.74) is 4.20. The molecule has 128 valence electrons. The summed E-state index contributed by atoms with van der Waals surface area (Å²) in [6, 6.07) is 25.6. The Balaban J connectivity index is 1.74. The Morgan fingerprint density at radius 1 is 0.923 bits per heavy atom. The van der Waals surface area contributed by atoms with Crippen LogP contribution in [-0.4, -0.2) is 15.3 Å². The van der Waals surface area contributed by atoms with Crippen molar-refractivity contribution in [1.29, 1.82) is 0 Å². The first kappa shape index (κ1) is 16.1. The largest absolute Gasteiger partial charge is 0.304 e. The molecule has 0 radical (unpaired) electrons. The maximum atomic E-state index is 13.3. The molecule has 4 rings (SSSR count). The molecule has 0 aliphatic rings.